The van der Waals surface area contributed by atoms with E-state index in [4.69, 9.17) is 10.5 Å². The van der Waals surface area contributed by atoms with Gasteiger partial charge in [0.2, 0.25) is 0 Å². The van der Waals surface area contributed by atoms with E-state index in [1.807, 2.05) is 0 Å². The fourth-order valence-electron chi connectivity index (χ4n) is 3.76. The second-order valence-electron chi connectivity index (χ2n) is 6.71. The van der Waals surface area contributed by atoms with Gasteiger partial charge in [-0.1, -0.05) is 26.3 Å². The highest BCUT2D eigenvalue weighted by molar-refractivity contribution is 5.45. The summed E-state index contributed by atoms with van der Waals surface area (Å²) in [6.07, 6.45) is 3.79. The first-order valence-corrected chi connectivity index (χ1v) is 7.27. The smallest absolute Gasteiger partial charge is 0.124 e. The number of benzene rings is 1. The Morgan fingerprint density at radius 1 is 1.32 bits per heavy atom. The van der Waals surface area contributed by atoms with Crippen molar-refractivity contribution in [2.75, 3.05) is 7.11 Å². The normalized spacial score (nSPS) is 23.4. The molecule has 2 heteroatoms. The van der Waals surface area contributed by atoms with Crippen LogP contribution in [-0.2, 0) is 0 Å². The highest BCUT2D eigenvalue weighted by Gasteiger charge is 2.39. The van der Waals surface area contributed by atoms with Crippen molar-refractivity contribution < 1.29 is 4.74 Å². The number of rotatable bonds is 3. The summed E-state index contributed by atoms with van der Waals surface area (Å²) in [7, 11) is 1.74. The van der Waals surface area contributed by atoms with Crippen molar-refractivity contribution in [1.29, 1.82) is 0 Å². The largest absolute Gasteiger partial charge is 0.496 e. The fourth-order valence-corrected chi connectivity index (χ4v) is 3.76. The van der Waals surface area contributed by atoms with Gasteiger partial charge in [-0.3, -0.25) is 0 Å². The second-order valence-corrected chi connectivity index (χ2v) is 6.71. The van der Waals surface area contributed by atoms with Gasteiger partial charge in [-0.05, 0) is 55.2 Å². The van der Waals surface area contributed by atoms with Crippen LogP contribution in [0.1, 0.15) is 55.8 Å². The van der Waals surface area contributed by atoms with E-state index in [9.17, 15) is 0 Å². The Morgan fingerprint density at radius 2 is 2.00 bits per heavy atom. The summed E-state index contributed by atoms with van der Waals surface area (Å²) in [5, 5.41) is 0. The summed E-state index contributed by atoms with van der Waals surface area (Å²) in [5.74, 6) is 1.50. The van der Waals surface area contributed by atoms with E-state index in [-0.39, 0.29) is 6.04 Å². The number of ether oxygens (including phenoxy) is 1. The van der Waals surface area contributed by atoms with Crippen molar-refractivity contribution in [3.63, 3.8) is 0 Å². The van der Waals surface area contributed by atoms with E-state index >= 15 is 0 Å². The van der Waals surface area contributed by atoms with Gasteiger partial charge in [0.25, 0.3) is 0 Å². The molecule has 2 N–H and O–H groups in total. The SMILES string of the molecule is COc1cc(C)cc(C)c1C(N)C1CCCC1(C)C. The third-order valence-corrected chi connectivity index (χ3v) is 4.82. The molecule has 0 saturated heterocycles. The molecule has 2 unspecified atom stereocenters. The Bertz CT molecular complexity index is 465. The minimum absolute atomic E-state index is 0.0769. The van der Waals surface area contributed by atoms with E-state index in [1.165, 1.54) is 36.0 Å². The van der Waals surface area contributed by atoms with Crippen molar-refractivity contribution in [1.82, 2.24) is 0 Å². The van der Waals surface area contributed by atoms with Crippen LogP contribution in [0.5, 0.6) is 5.75 Å². The molecule has 0 amide bonds. The molecule has 0 aliphatic heterocycles. The Labute approximate surface area is 117 Å². The van der Waals surface area contributed by atoms with Gasteiger partial charge in [-0.2, -0.15) is 0 Å². The lowest BCUT2D eigenvalue weighted by Gasteiger charge is -2.33. The summed E-state index contributed by atoms with van der Waals surface area (Å²) in [5.41, 5.74) is 10.6. The van der Waals surface area contributed by atoms with Crippen LogP contribution in [0.15, 0.2) is 12.1 Å². The lowest BCUT2D eigenvalue weighted by molar-refractivity contribution is 0.219. The van der Waals surface area contributed by atoms with E-state index in [0.717, 1.165) is 5.75 Å². The topological polar surface area (TPSA) is 35.2 Å². The van der Waals surface area contributed by atoms with Crippen LogP contribution in [0.3, 0.4) is 0 Å². The Balaban J connectivity index is 2.41. The van der Waals surface area contributed by atoms with Crippen molar-refractivity contribution >= 4 is 0 Å². The minimum atomic E-state index is 0.0769. The molecule has 2 nitrogen and oxygen atoms in total. The fraction of sp³-hybridized carbons (Fsp3) is 0.647. The van der Waals surface area contributed by atoms with Gasteiger partial charge in [-0.25, -0.2) is 0 Å². The van der Waals surface area contributed by atoms with Crippen molar-refractivity contribution in [2.45, 2.75) is 53.0 Å². The van der Waals surface area contributed by atoms with Crippen molar-refractivity contribution in [3.05, 3.63) is 28.8 Å². The summed E-state index contributed by atoms with van der Waals surface area (Å²) in [6.45, 7) is 8.94. The highest BCUT2D eigenvalue weighted by Crippen LogP contribution is 2.49. The van der Waals surface area contributed by atoms with Gasteiger partial charge in [0.1, 0.15) is 5.75 Å². The first-order chi connectivity index (χ1) is 8.86. The van der Waals surface area contributed by atoms with Gasteiger partial charge >= 0.3 is 0 Å². The van der Waals surface area contributed by atoms with Gasteiger partial charge in [0.05, 0.1) is 7.11 Å². The van der Waals surface area contributed by atoms with Crippen LogP contribution >= 0.6 is 0 Å². The third kappa shape index (κ3) is 2.64. The van der Waals surface area contributed by atoms with Crippen LogP contribution in [-0.4, -0.2) is 7.11 Å². The van der Waals surface area contributed by atoms with E-state index in [2.05, 4.69) is 39.8 Å². The first kappa shape index (κ1) is 14.4. The number of aryl methyl sites for hydroxylation is 2. The Kier molecular flexibility index (Phi) is 3.91. The average Bonchev–Trinajstić information content (AvgIpc) is 2.67. The van der Waals surface area contributed by atoms with Crippen molar-refractivity contribution in [2.24, 2.45) is 17.1 Å². The summed E-state index contributed by atoms with van der Waals surface area (Å²) in [4.78, 5) is 0. The predicted octanol–water partition coefficient (Wildman–Crippen LogP) is 4.14. The van der Waals surface area contributed by atoms with Gasteiger partial charge in [-0.15, -0.1) is 0 Å². The monoisotopic (exact) mass is 261 g/mol. The van der Waals surface area contributed by atoms with E-state index in [1.54, 1.807) is 7.11 Å². The van der Waals surface area contributed by atoms with Crippen LogP contribution in [0, 0.1) is 25.2 Å². The molecule has 1 aromatic rings. The molecule has 0 bridgehead atoms. The molecule has 1 aliphatic carbocycles. The van der Waals surface area contributed by atoms with Gasteiger partial charge in [0, 0.05) is 11.6 Å². The molecular weight excluding hydrogens is 234 g/mol. The standard InChI is InChI=1S/C17H27NO/c1-11-9-12(2)15(14(10-11)19-5)16(18)13-7-6-8-17(13,3)4/h9-10,13,16H,6-8,18H2,1-5H3. The van der Waals surface area contributed by atoms with Crippen LogP contribution in [0.2, 0.25) is 0 Å². The zero-order chi connectivity index (χ0) is 14.2. The average molecular weight is 261 g/mol. The molecule has 1 fully saturated rings. The maximum absolute atomic E-state index is 6.62. The maximum Gasteiger partial charge on any atom is 0.124 e. The minimum Gasteiger partial charge on any atom is -0.496 e. The summed E-state index contributed by atoms with van der Waals surface area (Å²) >= 11 is 0. The molecule has 106 valence electrons. The first-order valence-electron chi connectivity index (χ1n) is 7.27. The number of methoxy groups -OCH3 is 1. The second kappa shape index (κ2) is 5.16. The van der Waals surface area contributed by atoms with E-state index in [0.29, 0.717) is 11.3 Å². The molecular formula is C17H27NO. The molecule has 1 aliphatic rings. The molecule has 1 saturated carbocycles. The van der Waals surface area contributed by atoms with Gasteiger partial charge < -0.3 is 10.5 Å². The summed E-state index contributed by atoms with van der Waals surface area (Å²) in [6, 6.07) is 4.39. The van der Waals surface area contributed by atoms with Crippen LogP contribution in [0.4, 0.5) is 0 Å². The zero-order valence-electron chi connectivity index (χ0n) is 12.9. The van der Waals surface area contributed by atoms with E-state index < -0.39 is 0 Å². The number of nitrogens with two attached hydrogens (primary N) is 1. The highest BCUT2D eigenvalue weighted by atomic mass is 16.5. The molecule has 0 radical (unpaired) electrons. The molecule has 0 spiro atoms. The zero-order valence-corrected chi connectivity index (χ0v) is 12.9. The number of hydrogen-bond acceptors (Lipinski definition) is 2. The Hall–Kier alpha value is -1.02. The quantitative estimate of drug-likeness (QED) is 0.887. The molecule has 0 aromatic heterocycles. The summed E-state index contributed by atoms with van der Waals surface area (Å²) < 4.78 is 5.58. The third-order valence-electron chi connectivity index (χ3n) is 4.82. The maximum atomic E-state index is 6.62. The molecule has 2 atom stereocenters. The lowest BCUT2D eigenvalue weighted by Crippen LogP contribution is -2.30. The lowest BCUT2D eigenvalue weighted by atomic mass is 9.75. The number of hydrogen-bond donors (Lipinski definition) is 1. The molecule has 0 heterocycles. The molecule has 1 aromatic carbocycles. The van der Waals surface area contributed by atoms with Crippen LogP contribution < -0.4 is 10.5 Å². The van der Waals surface area contributed by atoms with Gasteiger partial charge in [0.15, 0.2) is 0 Å². The predicted molar refractivity (Wildman–Crippen MR) is 80.5 cm³/mol. The Morgan fingerprint density at radius 3 is 2.53 bits per heavy atom. The molecule has 2 rings (SSSR count). The molecule has 19 heavy (non-hydrogen) atoms. The van der Waals surface area contributed by atoms with Crippen molar-refractivity contribution in [3.8, 4) is 5.75 Å². The van der Waals surface area contributed by atoms with Crippen LogP contribution in [0.25, 0.3) is 0 Å².